The second kappa shape index (κ2) is 6.40. The second-order valence-corrected chi connectivity index (χ2v) is 5.87. The summed E-state index contributed by atoms with van der Waals surface area (Å²) in [6.45, 7) is 8.88. The van der Waals surface area contributed by atoms with Crippen molar-refractivity contribution in [3.8, 4) is 0 Å². The van der Waals surface area contributed by atoms with Gasteiger partial charge in [0, 0.05) is 32.7 Å². The smallest absolute Gasteiger partial charge is 0.154 e. The molecule has 1 aliphatic heterocycles. The average molecular weight is 300 g/mol. The number of rotatable bonds is 3. The number of hydrogen-bond donors (Lipinski definition) is 0. The van der Waals surface area contributed by atoms with Gasteiger partial charge in [0.05, 0.1) is 6.20 Å². The maximum Gasteiger partial charge on any atom is 0.154 e. The van der Waals surface area contributed by atoms with Crippen molar-refractivity contribution < 1.29 is 4.39 Å². The predicted octanol–water partition coefficient (Wildman–Crippen LogP) is 2.55. The summed E-state index contributed by atoms with van der Waals surface area (Å²) in [4.78, 5) is 4.69. The molecule has 0 atom stereocenters. The molecule has 2 heterocycles. The molecule has 2 aromatic rings. The maximum atomic E-state index is 12.9. The van der Waals surface area contributed by atoms with E-state index >= 15 is 0 Å². The zero-order chi connectivity index (χ0) is 15.5. The molecule has 4 nitrogen and oxygen atoms in total. The molecular weight excluding hydrogens is 279 g/mol. The summed E-state index contributed by atoms with van der Waals surface area (Å²) >= 11 is 0. The minimum Gasteiger partial charge on any atom is -0.352 e. The minimum atomic E-state index is -0.179. The van der Waals surface area contributed by atoms with E-state index in [0.717, 1.165) is 44.1 Å². The van der Waals surface area contributed by atoms with E-state index in [1.54, 1.807) is 0 Å². The lowest BCUT2D eigenvalue weighted by Gasteiger charge is -2.35. The van der Waals surface area contributed by atoms with Crippen molar-refractivity contribution in [2.45, 2.75) is 20.4 Å². The van der Waals surface area contributed by atoms with E-state index in [0.29, 0.717) is 0 Å². The van der Waals surface area contributed by atoms with Gasteiger partial charge in [0.2, 0.25) is 0 Å². The molecule has 1 aromatic carbocycles. The van der Waals surface area contributed by atoms with Crippen LogP contribution < -0.4 is 4.90 Å². The van der Waals surface area contributed by atoms with Gasteiger partial charge in [0.25, 0.3) is 0 Å². The quantitative estimate of drug-likeness (QED) is 0.872. The second-order valence-electron chi connectivity index (χ2n) is 5.87. The van der Waals surface area contributed by atoms with Crippen molar-refractivity contribution in [2.75, 3.05) is 31.1 Å². The third kappa shape index (κ3) is 3.25. The first-order valence-electron chi connectivity index (χ1n) is 7.64. The summed E-state index contributed by atoms with van der Waals surface area (Å²) in [6.07, 6.45) is 1.81. The summed E-state index contributed by atoms with van der Waals surface area (Å²) in [6, 6.07) is 6.77. The van der Waals surface area contributed by atoms with E-state index in [9.17, 15) is 4.39 Å². The van der Waals surface area contributed by atoms with Gasteiger partial charge in [-0.1, -0.05) is 12.1 Å². The number of halogens is 1. The lowest BCUT2D eigenvalue weighted by molar-refractivity contribution is 0.249. The molecule has 22 heavy (non-hydrogen) atoms. The molecule has 1 aliphatic rings. The maximum absolute atomic E-state index is 12.9. The van der Waals surface area contributed by atoms with E-state index in [2.05, 4.69) is 33.8 Å². The zero-order valence-electron chi connectivity index (χ0n) is 13.1. The minimum absolute atomic E-state index is 0.179. The van der Waals surface area contributed by atoms with Crippen LogP contribution in [-0.4, -0.2) is 41.3 Å². The standard InChI is InChI=1S/C17H21FN4/c1-13-11-19-20-17(14(13)2)22-9-7-21(8-10-22)12-15-3-5-16(18)6-4-15/h3-6,11H,7-10,12H2,1-2H3. The Morgan fingerprint density at radius 2 is 1.73 bits per heavy atom. The van der Waals surface area contributed by atoms with Crippen LogP contribution in [0.3, 0.4) is 0 Å². The number of hydrogen-bond acceptors (Lipinski definition) is 4. The molecule has 1 fully saturated rings. The van der Waals surface area contributed by atoms with E-state index in [4.69, 9.17) is 0 Å². The molecule has 0 amide bonds. The van der Waals surface area contributed by atoms with Crippen LogP contribution in [0.2, 0.25) is 0 Å². The van der Waals surface area contributed by atoms with Crippen molar-refractivity contribution in [3.63, 3.8) is 0 Å². The lowest BCUT2D eigenvalue weighted by atomic mass is 10.1. The molecule has 0 saturated carbocycles. The SMILES string of the molecule is Cc1cnnc(N2CCN(Cc3ccc(F)cc3)CC2)c1C. The van der Waals surface area contributed by atoms with Gasteiger partial charge in [-0.05, 0) is 42.7 Å². The van der Waals surface area contributed by atoms with Crippen molar-refractivity contribution in [1.29, 1.82) is 0 Å². The summed E-state index contributed by atoms with van der Waals surface area (Å²) in [7, 11) is 0. The summed E-state index contributed by atoms with van der Waals surface area (Å²) in [5.41, 5.74) is 3.54. The molecule has 0 aliphatic carbocycles. The Bertz CT molecular complexity index is 634. The lowest BCUT2D eigenvalue weighted by Crippen LogP contribution is -2.46. The highest BCUT2D eigenvalue weighted by molar-refractivity contribution is 5.48. The van der Waals surface area contributed by atoms with Gasteiger partial charge in [-0.3, -0.25) is 4.90 Å². The number of aromatic nitrogens is 2. The Labute approximate surface area is 130 Å². The molecule has 0 spiro atoms. The van der Waals surface area contributed by atoms with Gasteiger partial charge in [0.15, 0.2) is 5.82 Å². The normalized spacial score (nSPS) is 16.0. The van der Waals surface area contributed by atoms with Gasteiger partial charge >= 0.3 is 0 Å². The monoisotopic (exact) mass is 300 g/mol. The highest BCUT2D eigenvalue weighted by Crippen LogP contribution is 2.20. The van der Waals surface area contributed by atoms with Gasteiger partial charge in [-0.15, -0.1) is 5.10 Å². The molecule has 1 saturated heterocycles. The number of piperazine rings is 1. The third-order valence-corrected chi connectivity index (χ3v) is 4.32. The number of nitrogens with zero attached hydrogens (tertiary/aromatic N) is 4. The van der Waals surface area contributed by atoms with Crippen molar-refractivity contribution in [3.05, 3.63) is 53.0 Å². The third-order valence-electron chi connectivity index (χ3n) is 4.32. The highest BCUT2D eigenvalue weighted by Gasteiger charge is 2.20. The molecule has 5 heteroatoms. The molecule has 3 rings (SSSR count). The Kier molecular flexibility index (Phi) is 4.34. The van der Waals surface area contributed by atoms with Crippen LogP contribution in [-0.2, 0) is 6.54 Å². The number of anilines is 1. The fourth-order valence-corrected chi connectivity index (χ4v) is 2.78. The molecule has 0 unspecified atom stereocenters. The Morgan fingerprint density at radius 1 is 1.05 bits per heavy atom. The van der Waals surface area contributed by atoms with Crippen molar-refractivity contribution in [2.24, 2.45) is 0 Å². The molecule has 0 radical (unpaired) electrons. The van der Waals surface area contributed by atoms with Crippen LogP contribution in [0.25, 0.3) is 0 Å². The van der Waals surface area contributed by atoms with Crippen LogP contribution >= 0.6 is 0 Å². The van der Waals surface area contributed by atoms with Crippen LogP contribution in [0.15, 0.2) is 30.5 Å². The van der Waals surface area contributed by atoms with Crippen molar-refractivity contribution >= 4 is 5.82 Å². The largest absolute Gasteiger partial charge is 0.352 e. The van der Waals surface area contributed by atoms with Gasteiger partial charge in [-0.2, -0.15) is 5.10 Å². The van der Waals surface area contributed by atoms with E-state index in [1.807, 2.05) is 18.3 Å². The average Bonchev–Trinajstić information content (AvgIpc) is 2.53. The summed E-state index contributed by atoms with van der Waals surface area (Å²) < 4.78 is 12.9. The van der Waals surface area contributed by atoms with Gasteiger partial charge in [0.1, 0.15) is 5.82 Å². The van der Waals surface area contributed by atoms with Crippen LogP contribution in [0.1, 0.15) is 16.7 Å². The van der Waals surface area contributed by atoms with E-state index in [-0.39, 0.29) is 5.82 Å². The Balaban J connectivity index is 1.60. The molecule has 0 bridgehead atoms. The topological polar surface area (TPSA) is 32.3 Å². The molecule has 1 aromatic heterocycles. The Hall–Kier alpha value is -2.01. The van der Waals surface area contributed by atoms with Crippen LogP contribution in [0.5, 0.6) is 0 Å². The molecule has 116 valence electrons. The first-order chi connectivity index (χ1) is 10.6. The van der Waals surface area contributed by atoms with Crippen molar-refractivity contribution in [1.82, 2.24) is 15.1 Å². The van der Waals surface area contributed by atoms with Crippen LogP contribution in [0.4, 0.5) is 10.2 Å². The first-order valence-corrected chi connectivity index (χ1v) is 7.64. The fraction of sp³-hybridized carbons (Fsp3) is 0.412. The van der Waals surface area contributed by atoms with E-state index < -0.39 is 0 Å². The predicted molar refractivity (Wildman–Crippen MR) is 85.4 cm³/mol. The van der Waals surface area contributed by atoms with E-state index in [1.165, 1.54) is 23.3 Å². The van der Waals surface area contributed by atoms with Gasteiger partial charge in [-0.25, -0.2) is 4.39 Å². The van der Waals surface area contributed by atoms with Crippen LogP contribution in [0, 0.1) is 19.7 Å². The first kappa shape index (κ1) is 14.9. The summed E-state index contributed by atoms with van der Waals surface area (Å²) in [5, 5.41) is 8.37. The molecule has 0 N–H and O–H groups in total. The number of aryl methyl sites for hydroxylation is 1. The zero-order valence-corrected chi connectivity index (χ0v) is 13.1. The van der Waals surface area contributed by atoms with Gasteiger partial charge < -0.3 is 4.90 Å². The fourth-order valence-electron chi connectivity index (χ4n) is 2.78. The highest BCUT2D eigenvalue weighted by atomic mass is 19.1. The molecular formula is C17H21FN4. The summed E-state index contributed by atoms with van der Waals surface area (Å²) in [5.74, 6) is 0.823. The Morgan fingerprint density at radius 3 is 2.41 bits per heavy atom. The number of benzene rings is 1.